The van der Waals surface area contributed by atoms with E-state index in [-0.39, 0.29) is 12.4 Å². The second kappa shape index (κ2) is 8.08. The third-order valence-electron chi connectivity index (χ3n) is 3.46. The van der Waals surface area contributed by atoms with E-state index in [1.165, 1.54) is 12.1 Å². The molecule has 0 aliphatic carbocycles. The van der Waals surface area contributed by atoms with Crippen molar-refractivity contribution >= 4 is 35.0 Å². The largest absolute Gasteiger partial charge is 0.486 e. The highest BCUT2D eigenvalue weighted by atomic mass is 35.5. The molecule has 130 valence electrons. The molecule has 0 aliphatic heterocycles. The minimum Gasteiger partial charge on any atom is -0.486 e. The summed E-state index contributed by atoms with van der Waals surface area (Å²) in [5.74, 6) is 1.66. The lowest BCUT2D eigenvalue weighted by Crippen LogP contribution is -2.04. The first-order valence-corrected chi connectivity index (χ1v) is 9.10. The van der Waals surface area contributed by atoms with E-state index < -0.39 is 0 Å². The van der Waals surface area contributed by atoms with Crippen LogP contribution in [0.3, 0.4) is 0 Å². The summed E-state index contributed by atoms with van der Waals surface area (Å²) in [6.07, 6.45) is 0. The molecule has 4 nitrogen and oxygen atoms in total. The number of rotatable bonds is 6. The molecular formula is C17H14Cl2FN3OS. The molecule has 8 heteroatoms. The fourth-order valence-electron chi connectivity index (χ4n) is 2.05. The van der Waals surface area contributed by atoms with E-state index in [0.717, 1.165) is 10.7 Å². The van der Waals surface area contributed by atoms with Crippen molar-refractivity contribution in [3.05, 3.63) is 69.7 Å². The molecule has 0 fully saturated rings. The van der Waals surface area contributed by atoms with Crippen LogP contribution in [0.15, 0.2) is 47.6 Å². The molecule has 1 aromatic heterocycles. The quantitative estimate of drug-likeness (QED) is 0.540. The fourth-order valence-corrected chi connectivity index (χ4v) is 3.25. The highest BCUT2D eigenvalue weighted by molar-refractivity contribution is 7.98. The van der Waals surface area contributed by atoms with Gasteiger partial charge in [0.25, 0.3) is 0 Å². The maximum atomic E-state index is 12.9. The van der Waals surface area contributed by atoms with Gasteiger partial charge in [-0.25, -0.2) is 4.39 Å². The summed E-state index contributed by atoms with van der Waals surface area (Å²) in [6.45, 7) is 0.252. The van der Waals surface area contributed by atoms with Crippen LogP contribution in [-0.4, -0.2) is 14.8 Å². The highest BCUT2D eigenvalue weighted by Gasteiger charge is 2.11. The third-order valence-corrected chi connectivity index (χ3v) is 5.29. The first-order chi connectivity index (χ1) is 12.0. The van der Waals surface area contributed by atoms with Gasteiger partial charge in [0.1, 0.15) is 18.2 Å². The molecule has 0 unspecified atom stereocenters. The number of benzene rings is 2. The summed E-state index contributed by atoms with van der Waals surface area (Å²) in [5, 5.41) is 10.1. The zero-order valence-corrected chi connectivity index (χ0v) is 15.6. The van der Waals surface area contributed by atoms with Gasteiger partial charge in [-0.2, -0.15) is 0 Å². The van der Waals surface area contributed by atoms with Crippen LogP contribution in [0.2, 0.25) is 10.0 Å². The average molecular weight is 398 g/mol. The minimum atomic E-state index is -0.299. The number of halogens is 3. The summed E-state index contributed by atoms with van der Waals surface area (Å²) in [7, 11) is 1.88. The predicted molar refractivity (Wildman–Crippen MR) is 97.8 cm³/mol. The molecule has 0 radical (unpaired) electrons. The first kappa shape index (κ1) is 18.0. The standard InChI is InChI=1S/C17H14Cl2FN3OS/c1-23-16(9-24-13-5-3-12(20)4-6-13)21-22-17(23)25-10-11-2-7-14(18)15(19)8-11/h2-8H,9-10H2,1H3. The number of hydrogen-bond donors (Lipinski definition) is 0. The van der Waals surface area contributed by atoms with Gasteiger partial charge in [0, 0.05) is 12.8 Å². The van der Waals surface area contributed by atoms with Crippen LogP contribution < -0.4 is 4.74 Å². The Labute approximate surface area is 158 Å². The van der Waals surface area contributed by atoms with Crippen molar-refractivity contribution in [2.75, 3.05) is 0 Å². The lowest BCUT2D eigenvalue weighted by Gasteiger charge is -2.07. The molecule has 2 aromatic carbocycles. The SMILES string of the molecule is Cn1c(COc2ccc(F)cc2)nnc1SCc1ccc(Cl)c(Cl)c1. The normalized spacial score (nSPS) is 10.9. The van der Waals surface area contributed by atoms with E-state index in [2.05, 4.69) is 10.2 Å². The van der Waals surface area contributed by atoms with Crippen LogP contribution in [0.1, 0.15) is 11.4 Å². The van der Waals surface area contributed by atoms with Crippen LogP contribution in [0, 0.1) is 5.82 Å². The summed E-state index contributed by atoms with van der Waals surface area (Å²) >= 11 is 13.5. The van der Waals surface area contributed by atoms with E-state index in [0.29, 0.717) is 27.4 Å². The molecule has 25 heavy (non-hydrogen) atoms. The molecule has 0 saturated heterocycles. The Kier molecular flexibility index (Phi) is 5.83. The van der Waals surface area contributed by atoms with E-state index in [1.807, 2.05) is 23.7 Å². The third kappa shape index (κ3) is 4.66. The number of thioether (sulfide) groups is 1. The second-order valence-electron chi connectivity index (χ2n) is 5.24. The lowest BCUT2D eigenvalue weighted by atomic mass is 10.2. The maximum Gasteiger partial charge on any atom is 0.191 e. The number of aromatic nitrogens is 3. The Bertz CT molecular complexity index is 871. The van der Waals surface area contributed by atoms with Gasteiger partial charge < -0.3 is 9.30 Å². The Morgan fingerprint density at radius 3 is 2.56 bits per heavy atom. The first-order valence-electron chi connectivity index (χ1n) is 7.36. The Morgan fingerprint density at radius 2 is 1.84 bits per heavy atom. The van der Waals surface area contributed by atoms with E-state index in [4.69, 9.17) is 27.9 Å². The number of hydrogen-bond acceptors (Lipinski definition) is 4. The Morgan fingerprint density at radius 1 is 1.08 bits per heavy atom. The van der Waals surface area contributed by atoms with Gasteiger partial charge in [-0.3, -0.25) is 0 Å². The molecule has 1 heterocycles. The van der Waals surface area contributed by atoms with E-state index >= 15 is 0 Å². The van der Waals surface area contributed by atoms with Crippen LogP contribution in [0.5, 0.6) is 5.75 Å². The molecule has 3 aromatic rings. The monoisotopic (exact) mass is 397 g/mol. The summed E-state index contributed by atoms with van der Waals surface area (Å²) < 4.78 is 20.4. The topological polar surface area (TPSA) is 39.9 Å². The molecule has 0 spiro atoms. The summed E-state index contributed by atoms with van der Waals surface area (Å²) in [4.78, 5) is 0. The maximum absolute atomic E-state index is 12.9. The molecule has 0 saturated carbocycles. The molecule has 0 amide bonds. The number of nitrogens with zero attached hydrogens (tertiary/aromatic N) is 3. The summed E-state index contributed by atoms with van der Waals surface area (Å²) in [5.41, 5.74) is 1.05. The van der Waals surface area contributed by atoms with Gasteiger partial charge in [-0.15, -0.1) is 10.2 Å². The van der Waals surface area contributed by atoms with Gasteiger partial charge in [0.05, 0.1) is 10.0 Å². The van der Waals surface area contributed by atoms with Gasteiger partial charge in [-0.1, -0.05) is 41.0 Å². The van der Waals surface area contributed by atoms with E-state index in [9.17, 15) is 4.39 Å². The molecule has 0 atom stereocenters. The Hall–Kier alpha value is -1.76. The Balaban J connectivity index is 1.60. The van der Waals surface area contributed by atoms with Gasteiger partial charge in [-0.05, 0) is 42.0 Å². The lowest BCUT2D eigenvalue weighted by molar-refractivity contribution is 0.290. The van der Waals surface area contributed by atoms with Crippen LogP contribution in [-0.2, 0) is 19.4 Å². The highest BCUT2D eigenvalue weighted by Crippen LogP contribution is 2.27. The molecule has 0 aliphatic rings. The smallest absolute Gasteiger partial charge is 0.191 e. The van der Waals surface area contributed by atoms with Crippen molar-refractivity contribution in [1.82, 2.24) is 14.8 Å². The summed E-state index contributed by atoms with van der Waals surface area (Å²) in [6, 6.07) is 11.4. The number of ether oxygens (including phenoxy) is 1. The fraction of sp³-hybridized carbons (Fsp3) is 0.176. The van der Waals surface area contributed by atoms with Crippen molar-refractivity contribution in [3.8, 4) is 5.75 Å². The van der Waals surface area contributed by atoms with Crippen LogP contribution in [0.4, 0.5) is 4.39 Å². The van der Waals surface area contributed by atoms with Gasteiger partial charge >= 0.3 is 0 Å². The second-order valence-corrected chi connectivity index (χ2v) is 6.99. The zero-order chi connectivity index (χ0) is 17.8. The van der Waals surface area contributed by atoms with E-state index in [1.54, 1.807) is 30.0 Å². The van der Waals surface area contributed by atoms with Gasteiger partial charge in [0.2, 0.25) is 0 Å². The van der Waals surface area contributed by atoms with Gasteiger partial charge in [0.15, 0.2) is 11.0 Å². The van der Waals surface area contributed by atoms with Crippen molar-refractivity contribution in [2.45, 2.75) is 17.5 Å². The predicted octanol–water partition coefficient (Wildman–Crippen LogP) is 5.13. The molecule has 3 rings (SSSR count). The van der Waals surface area contributed by atoms with Crippen LogP contribution >= 0.6 is 35.0 Å². The van der Waals surface area contributed by atoms with Crippen molar-refractivity contribution < 1.29 is 9.13 Å². The van der Waals surface area contributed by atoms with Crippen molar-refractivity contribution in [1.29, 1.82) is 0 Å². The van der Waals surface area contributed by atoms with Crippen molar-refractivity contribution in [3.63, 3.8) is 0 Å². The van der Waals surface area contributed by atoms with Crippen LogP contribution in [0.25, 0.3) is 0 Å². The molecule has 0 bridgehead atoms. The minimum absolute atomic E-state index is 0.252. The average Bonchev–Trinajstić information content (AvgIpc) is 2.95. The molecule has 0 N–H and O–H groups in total. The zero-order valence-electron chi connectivity index (χ0n) is 13.2. The van der Waals surface area contributed by atoms with Crippen molar-refractivity contribution in [2.24, 2.45) is 7.05 Å². The molecular weight excluding hydrogens is 384 g/mol.